The van der Waals surface area contributed by atoms with Crippen molar-refractivity contribution in [1.29, 1.82) is 0 Å². The first-order chi connectivity index (χ1) is 9.72. The van der Waals surface area contributed by atoms with Gasteiger partial charge in [0, 0.05) is 6.54 Å². The van der Waals surface area contributed by atoms with Crippen LogP contribution in [0.25, 0.3) is 0 Å². The first-order valence-corrected chi connectivity index (χ1v) is 7.79. The molecular weight excluding hydrogens is 284 g/mol. The average molecular weight is 309 g/mol. The van der Waals surface area contributed by atoms with Gasteiger partial charge in [0.05, 0.1) is 6.04 Å². The molecule has 1 amide bonds. The average Bonchev–Trinajstić information content (AvgIpc) is 3.08. The normalized spacial score (nSPS) is 28.0. The van der Waals surface area contributed by atoms with Gasteiger partial charge < -0.3 is 11.1 Å². The SMILES string of the molecule is Cl.NC(Cc1ccccc1)C(=O)NCC1CC2CCC1C2. The molecule has 2 fully saturated rings. The molecule has 2 saturated carbocycles. The van der Waals surface area contributed by atoms with Crippen LogP contribution < -0.4 is 11.1 Å². The van der Waals surface area contributed by atoms with Gasteiger partial charge in [-0.2, -0.15) is 0 Å². The smallest absolute Gasteiger partial charge is 0.237 e. The molecule has 4 unspecified atom stereocenters. The molecule has 4 atom stereocenters. The summed E-state index contributed by atoms with van der Waals surface area (Å²) in [5, 5.41) is 3.07. The third-order valence-corrected chi connectivity index (χ3v) is 5.06. The molecule has 21 heavy (non-hydrogen) atoms. The van der Waals surface area contributed by atoms with Gasteiger partial charge >= 0.3 is 0 Å². The van der Waals surface area contributed by atoms with Crippen LogP contribution in [0.5, 0.6) is 0 Å². The quantitative estimate of drug-likeness (QED) is 0.878. The highest BCUT2D eigenvalue weighted by Gasteiger charge is 2.39. The Bertz CT molecular complexity index is 465. The van der Waals surface area contributed by atoms with E-state index in [1.807, 2.05) is 30.3 Å². The summed E-state index contributed by atoms with van der Waals surface area (Å²) in [4.78, 5) is 12.1. The second-order valence-electron chi connectivity index (χ2n) is 6.48. The van der Waals surface area contributed by atoms with Crippen LogP contribution in [0.1, 0.15) is 31.2 Å². The topological polar surface area (TPSA) is 55.1 Å². The minimum atomic E-state index is -0.434. The van der Waals surface area contributed by atoms with Crippen LogP contribution in [0.15, 0.2) is 30.3 Å². The number of carbonyl (C=O) groups is 1. The molecule has 2 aliphatic carbocycles. The third kappa shape index (κ3) is 3.98. The van der Waals surface area contributed by atoms with Crippen molar-refractivity contribution in [2.45, 2.75) is 38.1 Å². The van der Waals surface area contributed by atoms with Crippen molar-refractivity contribution in [3.63, 3.8) is 0 Å². The molecule has 0 saturated heterocycles. The highest BCUT2D eigenvalue weighted by molar-refractivity contribution is 5.85. The van der Waals surface area contributed by atoms with Gasteiger partial charge in [0.1, 0.15) is 0 Å². The van der Waals surface area contributed by atoms with Gasteiger partial charge in [0.2, 0.25) is 5.91 Å². The highest BCUT2D eigenvalue weighted by Crippen LogP contribution is 2.47. The highest BCUT2D eigenvalue weighted by atomic mass is 35.5. The lowest BCUT2D eigenvalue weighted by atomic mass is 9.89. The molecule has 4 heteroatoms. The zero-order valence-electron chi connectivity index (χ0n) is 12.3. The first-order valence-electron chi connectivity index (χ1n) is 7.79. The summed E-state index contributed by atoms with van der Waals surface area (Å²) in [6.07, 6.45) is 6.07. The van der Waals surface area contributed by atoms with Crippen molar-refractivity contribution >= 4 is 18.3 Å². The minimum absolute atomic E-state index is 0. The van der Waals surface area contributed by atoms with E-state index in [2.05, 4.69) is 5.32 Å². The van der Waals surface area contributed by atoms with Crippen LogP contribution >= 0.6 is 12.4 Å². The van der Waals surface area contributed by atoms with Crippen LogP contribution in [0.2, 0.25) is 0 Å². The van der Waals surface area contributed by atoms with E-state index in [1.165, 1.54) is 25.7 Å². The molecule has 0 aromatic heterocycles. The Balaban J connectivity index is 0.00000161. The molecule has 0 spiro atoms. The Morgan fingerprint density at radius 1 is 1.24 bits per heavy atom. The molecule has 3 N–H and O–H groups in total. The van der Waals surface area contributed by atoms with Gasteiger partial charge in [-0.25, -0.2) is 0 Å². The summed E-state index contributed by atoms with van der Waals surface area (Å²) in [5.41, 5.74) is 7.12. The lowest BCUT2D eigenvalue weighted by Gasteiger charge is -2.22. The number of halogens is 1. The van der Waals surface area contributed by atoms with Crippen molar-refractivity contribution in [1.82, 2.24) is 5.32 Å². The molecule has 3 nitrogen and oxygen atoms in total. The van der Waals surface area contributed by atoms with Crippen LogP contribution in [0.4, 0.5) is 0 Å². The predicted octanol–water partition coefficient (Wildman–Crippen LogP) is 2.53. The molecule has 1 aromatic carbocycles. The van der Waals surface area contributed by atoms with Gasteiger partial charge in [-0.05, 0) is 49.0 Å². The van der Waals surface area contributed by atoms with E-state index in [9.17, 15) is 4.79 Å². The third-order valence-electron chi connectivity index (χ3n) is 5.06. The molecule has 0 aliphatic heterocycles. The van der Waals surface area contributed by atoms with E-state index < -0.39 is 6.04 Å². The number of hydrogen-bond acceptors (Lipinski definition) is 2. The number of carbonyl (C=O) groups excluding carboxylic acids is 1. The molecular formula is C17H25ClN2O. The van der Waals surface area contributed by atoms with Crippen molar-refractivity contribution in [2.75, 3.05) is 6.54 Å². The molecule has 3 rings (SSSR count). The van der Waals surface area contributed by atoms with Gasteiger partial charge in [-0.3, -0.25) is 4.79 Å². The van der Waals surface area contributed by atoms with E-state index in [-0.39, 0.29) is 18.3 Å². The van der Waals surface area contributed by atoms with E-state index >= 15 is 0 Å². The molecule has 2 aliphatic rings. The van der Waals surface area contributed by atoms with Crippen LogP contribution in [0.3, 0.4) is 0 Å². The number of amides is 1. The van der Waals surface area contributed by atoms with E-state index in [0.717, 1.165) is 23.9 Å². The van der Waals surface area contributed by atoms with E-state index in [0.29, 0.717) is 12.3 Å². The number of nitrogens with two attached hydrogens (primary N) is 1. The number of fused-ring (bicyclic) bond motifs is 2. The van der Waals surface area contributed by atoms with Crippen LogP contribution in [-0.4, -0.2) is 18.5 Å². The fraction of sp³-hybridized carbons (Fsp3) is 0.588. The van der Waals surface area contributed by atoms with Gasteiger partial charge in [0.25, 0.3) is 0 Å². The van der Waals surface area contributed by atoms with E-state index in [4.69, 9.17) is 5.73 Å². The second-order valence-corrected chi connectivity index (χ2v) is 6.48. The Hall–Kier alpha value is -1.06. The Kier molecular flexibility index (Phi) is 5.65. The number of nitrogens with one attached hydrogen (secondary N) is 1. The largest absolute Gasteiger partial charge is 0.354 e. The maximum Gasteiger partial charge on any atom is 0.237 e. The van der Waals surface area contributed by atoms with Gasteiger partial charge in [0.15, 0.2) is 0 Å². The monoisotopic (exact) mass is 308 g/mol. The fourth-order valence-corrected chi connectivity index (χ4v) is 3.95. The maximum absolute atomic E-state index is 12.1. The van der Waals surface area contributed by atoms with Crippen molar-refractivity contribution in [2.24, 2.45) is 23.5 Å². The fourth-order valence-electron chi connectivity index (χ4n) is 3.95. The van der Waals surface area contributed by atoms with Gasteiger partial charge in [-0.15, -0.1) is 12.4 Å². The minimum Gasteiger partial charge on any atom is -0.354 e. The summed E-state index contributed by atoms with van der Waals surface area (Å²) >= 11 is 0. The van der Waals surface area contributed by atoms with Crippen molar-refractivity contribution < 1.29 is 4.79 Å². The molecule has 0 radical (unpaired) electrons. The summed E-state index contributed by atoms with van der Waals surface area (Å²) in [7, 11) is 0. The van der Waals surface area contributed by atoms with Crippen LogP contribution in [-0.2, 0) is 11.2 Å². The number of hydrogen-bond donors (Lipinski definition) is 2. The van der Waals surface area contributed by atoms with Crippen molar-refractivity contribution in [3.05, 3.63) is 35.9 Å². The Morgan fingerprint density at radius 3 is 2.62 bits per heavy atom. The first kappa shape index (κ1) is 16.3. The Morgan fingerprint density at radius 2 is 2.00 bits per heavy atom. The zero-order chi connectivity index (χ0) is 13.9. The molecule has 2 bridgehead atoms. The molecule has 1 aromatic rings. The van der Waals surface area contributed by atoms with Crippen molar-refractivity contribution in [3.8, 4) is 0 Å². The van der Waals surface area contributed by atoms with E-state index in [1.54, 1.807) is 0 Å². The number of benzene rings is 1. The summed E-state index contributed by atoms with van der Waals surface area (Å²) in [5.74, 6) is 2.48. The standard InChI is InChI=1S/C17H24N2O.ClH/c18-16(10-12-4-2-1-3-5-12)17(20)19-11-15-9-13-6-7-14(15)8-13;/h1-5,13-16H,6-11,18H2,(H,19,20);1H. The lowest BCUT2D eigenvalue weighted by Crippen LogP contribution is -2.44. The Labute approximate surface area is 133 Å². The zero-order valence-corrected chi connectivity index (χ0v) is 13.1. The summed E-state index contributed by atoms with van der Waals surface area (Å²) in [6, 6.07) is 9.54. The second kappa shape index (κ2) is 7.28. The number of rotatable bonds is 5. The van der Waals surface area contributed by atoms with Crippen LogP contribution in [0, 0.1) is 17.8 Å². The predicted molar refractivity (Wildman–Crippen MR) is 87.3 cm³/mol. The maximum atomic E-state index is 12.1. The van der Waals surface area contributed by atoms with Gasteiger partial charge in [-0.1, -0.05) is 36.8 Å². The summed E-state index contributed by atoms with van der Waals surface area (Å²) < 4.78 is 0. The molecule has 116 valence electrons. The lowest BCUT2D eigenvalue weighted by molar-refractivity contribution is -0.122. The summed E-state index contributed by atoms with van der Waals surface area (Å²) in [6.45, 7) is 0.822. The molecule has 0 heterocycles.